The van der Waals surface area contributed by atoms with Gasteiger partial charge in [0.2, 0.25) is 0 Å². The highest BCUT2D eigenvalue weighted by Crippen LogP contribution is 2.43. The Morgan fingerprint density at radius 1 is 1.21 bits per heavy atom. The maximum Gasteiger partial charge on any atom is 0.0378 e. The molecule has 0 bridgehead atoms. The molecule has 0 unspecified atom stereocenters. The first kappa shape index (κ1) is 8.34. The Labute approximate surface area is 85.5 Å². The number of rotatable bonds is 0. The van der Waals surface area contributed by atoms with Gasteiger partial charge in [0.15, 0.2) is 0 Å². The van der Waals surface area contributed by atoms with Gasteiger partial charge in [0.1, 0.15) is 0 Å². The third-order valence-electron chi connectivity index (χ3n) is 3.71. The van der Waals surface area contributed by atoms with Crippen molar-refractivity contribution in [2.45, 2.75) is 44.6 Å². The summed E-state index contributed by atoms with van der Waals surface area (Å²) in [5, 5.41) is 3.66. The van der Waals surface area contributed by atoms with Gasteiger partial charge in [0.05, 0.1) is 0 Å². The number of hydrogen-bond acceptors (Lipinski definition) is 1. The van der Waals surface area contributed by atoms with E-state index in [0.717, 1.165) is 12.0 Å². The van der Waals surface area contributed by atoms with Gasteiger partial charge in [-0.25, -0.2) is 0 Å². The van der Waals surface area contributed by atoms with Gasteiger partial charge in [-0.05, 0) is 31.4 Å². The number of anilines is 1. The molecule has 2 atom stereocenters. The van der Waals surface area contributed by atoms with E-state index in [-0.39, 0.29) is 0 Å². The van der Waals surface area contributed by atoms with Crippen molar-refractivity contribution >= 4 is 5.69 Å². The van der Waals surface area contributed by atoms with Crippen LogP contribution in [-0.4, -0.2) is 6.04 Å². The van der Waals surface area contributed by atoms with Crippen LogP contribution in [0.15, 0.2) is 18.2 Å². The van der Waals surface area contributed by atoms with E-state index in [0.29, 0.717) is 0 Å². The maximum atomic E-state index is 3.66. The van der Waals surface area contributed by atoms with E-state index < -0.39 is 0 Å². The van der Waals surface area contributed by atoms with Gasteiger partial charge in [-0.1, -0.05) is 30.5 Å². The first-order valence-electron chi connectivity index (χ1n) is 5.72. The molecule has 0 radical (unpaired) electrons. The van der Waals surface area contributed by atoms with Gasteiger partial charge in [0.25, 0.3) is 0 Å². The molecule has 1 aromatic rings. The van der Waals surface area contributed by atoms with Crippen molar-refractivity contribution < 1.29 is 0 Å². The predicted molar refractivity (Wildman–Crippen MR) is 59.8 cm³/mol. The average molecular weight is 187 g/mol. The molecule has 0 amide bonds. The van der Waals surface area contributed by atoms with Crippen LogP contribution in [0.2, 0.25) is 0 Å². The quantitative estimate of drug-likeness (QED) is 0.656. The topological polar surface area (TPSA) is 12.0 Å². The molecule has 1 nitrogen and oxygen atoms in total. The zero-order valence-electron chi connectivity index (χ0n) is 8.72. The van der Waals surface area contributed by atoms with Crippen LogP contribution in [0.5, 0.6) is 0 Å². The van der Waals surface area contributed by atoms with Gasteiger partial charge in [0, 0.05) is 17.6 Å². The molecule has 0 spiro atoms. The molecule has 1 saturated carbocycles. The predicted octanol–water partition coefficient (Wildman–Crippen LogP) is 3.45. The molecule has 1 aliphatic heterocycles. The van der Waals surface area contributed by atoms with E-state index in [4.69, 9.17) is 0 Å². The summed E-state index contributed by atoms with van der Waals surface area (Å²) in [5.74, 6) is 0.804. The van der Waals surface area contributed by atoms with Crippen LogP contribution in [0.1, 0.15) is 42.7 Å². The lowest BCUT2D eigenvalue weighted by Crippen LogP contribution is -2.23. The summed E-state index contributed by atoms with van der Waals surface area (Å²) in [6.45, 7) is 2.19. The highest BCUT2D eigenvalue weighted by atomic mass is 15.0. The van der Waals surface area contributed by atoms with Gasteiger partial charge >= 0.3 is 0 Å². The van der Waals surface area contributed by atoms with Gasteiger partial charge < -0.3 is 5.32 Å². The minimum atomic E-state index is 0.737. The van der Waals surface area contributed by atoms with E-state index >= 15 is 0 Å². The third kappa shape index (κ3) is 1.15. The van der Waals surface area contributed by atoms with Crippen LogP contribution in [0, 0.1) is 6.92 Å². The molecule has 74 valence electrons. The van der Waals surface area contributed by atoms with Gasteiger partial charge in [-0.2, -0.15) is 0 Å². The second kappa shape index (κ2) is 3.01. The van der Waals surface area contributed by atoms with Crippen molar-refractivity contribution in [3.63, 3.8) is 0 Å². The summed E-state index contributed by atoms with van der Waals surface area (Å²) in [4.78, 5) is 0. The molecule has 0 aromatic heterocycles. The minimum Gasteiger partial charge on any atom is -0.381 e. The Morgan fingerprint density at radius 3 is 3.00 bits per heavy atom. The number of fused-ring (bicyclic) bond motifs is 3. The zero-order chi connectivity index (χ0) is 9.54. The number of nitrogens with one attached hydrogen (secondary N) is 1. The first-order chi connectivity index (χ1) is 6.84. The Morgan fingerprint density at radius 2 is 2.07 bits per heavy atom. The summed E-state index contributed by atoms with van der Waals surface area (Å²) < 4.78 is 0. The molecule has 3 rings (SSSR count). The Kier molecular flexibility index (Phi) is 1.79. The number of aryl methyl sites for hydroxylation is 1. The summed E-state index contributed by atoms with van der Waals surface area (Å²) in [5.41, 5.74) is 4.37. The lowest BCUT2D eigenvalue weighted by Gasteiger charge is -2.25. The fourth-order valence-corrected chi connectivity index (χ4v) is 3.00. The first-order valence-corrected chi connectivity index (χ1v) is 5.72. The van der Waals surface area contributed by atoms with E-state index in [1.807, 2.05) is 0 Å². The summed E-state index contributed by atoms with van der Waals surface area (Å²) in [6, 6.07) is 7.57. The SMILES string of the molecule is Cc1ccc2c(c1)[C@@H]1CCCC[C@H]1N2. The third-order valence-corrected chi connectivity index (χ3v) is 3.71. The van der Waals surface area contributed by atoms with E-state index in [1.165, 1.54) is 36.9 Å². The molecule has 1 aromatic carbocycles. The van der Waals surface area contributed by atoms with Gasteiger partial charge in [-0.15, -0.1) is 0 Å². The molecular formula is C13H17N. The molecule has 14 heavy (non-hydrogen) atoms. The molecule has 0 saturated heterocycles. The molecule has 1 N–H and O–H groups in total. The van der Waals surface area contributed by atoms with Crippen LogP contribution >= 0.6 is 0 Å². The smallest absolute Gasteiger partial charge is 0.0378 e. The molecule has 1 heterocycles. The normalized spacial score (nSPS) is 29.2. The van der Waals surface area contributed by atoms with Crippen LogP contribution in [0.25, 0.3) is 0 Å². The monoisotopic (exact) mass is 187 g/mol. The Balaban J connectivity index is 2.02. The fraction of sp³-hybridized carbons (Fsp3) is 0.538. The lowest BCUT2D eigenvalue weighted by atomic mass is 9.82. The van der Waals surface area contributed by atoms with E-state index in [2.05, 4.69) is 30.4 Å². The van der Waals surface area contributed by atoms with Crippen molar-refractivity contribution in [3.8, 4) is 0 Å². The molecular weight excluding hydrogens is 170 g/mol. The summed E-state index contributed by atoms with van der Waals surface area (Å²) in [7, 11) is 0. The molecule has 2 aliphatic rings. The fourth-order valence-electron chi connectivity index (χ4n) is 3.00. The van der Waals surface area contributed by atoms with E-state index in [1.54, 1.807) is 5.56 Å². The highest BCUT2D eigenvalue weighted by molar-refractivity contribution is 5.60. The maximum absolute atomic E-state index is 3.66. The van der Waals surface area contributed by atoms with Crippen LogP contribution in [0.3, 0.4) is 0 Å². The van der Waals surface area contributed by atoms with Crippen LogP contribution in [-0.2, 0) is 0 Å². The van der Waals surface area contributed by atoms with Crippen molar-refractivity contribution in [2.24, 2.45) is 0 Å². The zero-order valence-corrected chi connectivity index (χ0v) is 8.72. The molecule has 1 heteroatoms. The van der Waals surface area contributed by atoms with Crippen molar-refractivity contribution in [2.75, 3.05) is 5.32 Å². The van der Waals surface area contributed by atoms with Crippen molar-refractivity contribution in [3.05, 3.63) is 29.3 Å². The average Bonchev–Trinajstić information content (AvgIpc) is 2.56. The number of hydrogen-bond donors (Lipinski definition) is 1. The Hall–Kier alpha value is -0.980. The Bertz CT molecular complexity index is 356. The second-order valence-corrected chi connectivity index (χ2v) is 4.73. The van der Waals surface area contributed by atoms with Crippen LogP contribution in [0.4, 0.5) is 5.69 Å². The van der Waals surface area contributed by atoms with Crippen molar-refractivity contribution in [1.29, 1.82) is 0 Å². The standard InChI is InChI=1S/C13H17N/c1-9-6-7-13-11(8-9)10-4-2-3-5-12(10)14-13/h6-8,10,12,14H,2-5H2,1H3/t10-,12+/m0/s1. The summed E-state index contributed by atoms with van der Waals surface area (Å²) >= 11 is 0. The second-order valence-electron chi connectivity index (χ2n) is 4.73. The largest absolute Gasteiger partial charge is 0.381 e. The van der Waals surface area contributed by atoms with Gasteiger partial charge in [-0.3, -0.25) is 0 Å². The lowest BCUT2D eigenvalue weighted by molar-refractivity contribution is 0.422. The van der Waals surface area contributed by atoms with Crippen LogP contribution < -0.4 is 5.32 Å². The van der Waals surface area contributed by atoms with E-state index in [9.17, 15) is 0 Å². The summed E-state index contributed by atoms with van der Waals surface area (Å²) in [6.07, 6.45) is 5.56. The van der Waals surface area contributed by atoms with Crippen molar-refractivity contribution in [1.82, 2.24) is 0 Å². The minimum absolute atomic E-state index is 0.737. The molecule has 1 fully saturated rings. The molecule has 1 aliphatic carbocycles. The number of benzene rings is 1. The highest BCUT2D eigenvalue weighted by Gasteiger charge is 2.33.